The van der Waals surface area contributed by atoms with Crippen LogP contribution in [0.5, 0.6) is 5.75 Å². The molecule has 0 N–H and O–H groups in total. The Balaban J connectivity index is 3.03. The number of para-hydroxylation sites is 2. The molecule has 2 heteroatoms. The lowest BCUT2D eigenvalue weighted by molar-refractivity contribution is -0.267. The predicted molar refractivity (Wildman–Crippen MR) is 39.7 cm³/mol. The molecule has 52 valence electrons. The molecule has 2 nitrogen and oxygen atoms in total. The monoisotopic (exact) mass is 134 g/mol. The maximum atomic E-state index is 10.9. The smallest absolute Gasteiger partial charge is 0.0547 e. The van der Waals surface area contributed by atoms with Crippen molar-refractivity contribution in [2.24, 2.45) is 4.99 Å². The van der Waals surface area contributed by atoms with Crippen LogP contribution in [-0.4, -0.2) is 6.21 Å². The van der Waals surface area contributed by atoms with Crippen molar-refractivity contribution in [1.82, 2.24) is 0 Å². The molecule has 1 rings (SSSR count). The summed E-state index contributed by atoms with van der Waals surface area (Å²) in [5, 5.41) is 10.9. The molecule has 0 atom stereocenters. The van der Waals surface area contributed by atoms with E-state index in [0.29, 0.717) is 5.69 Å². The quantitative estimate of drug-likeness (QED) is 0.536. The average molecular weight is 134 g/mol. The molecular weight excluding hydrogens is 126 g/mol. The second kappa shape index (κ2) is 3.01. The first-order chi connectivity index (χ1) is 4.84. The van der Waals surface area contributed by atoms with Gasteiger partial charge in [-0.1, -0.05) is 23.9 Å². The van der Waals surface area contributed by atoms with Crippen molar-refractivity contribution in [3.63, 3.8) is 0 Å². The Kier molecular flexibility index (Phi) is 2.05. The summed E-state index contributed by atoms with van der Waals surface area (Å²) in [5.41, 5.74) is 0.505. The third-order valence-electron chi connectivity index (χ3n) is 1.13. The van der Waals surface area contributed by atoms with Crippen LogP contribution in [0.4, 0.5) is 5.69 Å². The van der Waals surface area contributed by atoms with Crippen molar-refractivity contribution in [2.75, 3.05) is 0 Å². The Morgan fingerprint density at radius 2 is 2.10 bits per heavy atom. The predicted octanol–water partition coefficient (Wildman–Crippen LogP) is 1.48. The minimum atomic E-state index is -0.0272. The second-order valence-corrected chi connectivity index (χ2v) is 1.86. The van der Waals surface area contributed by atoms with Gasteiger partial charge in [-0.05, 0) is 13.0 Å². The molecule has 0 radical (unpaired) electrons. The lowest BCUT2D eigenvalue weighted by Gasteiger charge is -2.06. The van der Waals surface area contributed by atoms with Gasteiger partial charge in [0.25, 0.3) is 0 Å². The number of rotatable bonds is 1. The van der Waals surface area contributed by atoms with Crippen LogP contribution in [0.3, 0.4) is 0 Å². The standard InChI is InChI=1S/C8H9NO/c1-2-9-7-5-3-4-6-8(7)10/h2-6,10H,1H3/p-1. The molecule has 0 aliphatic rings. The lowest BCUT2D eigenvalue weighted by Crippen LogP contribution is -1.88. The van der Waals surface area contributed by atoms with Crippen molar-refractivity contribution in [3.8, 4) is 5.75 Å². The molecular formula is C8H8NO-. The summed E-state index contributed by atoms with van der Waals surface area (Å²) >= 11 is 0. The topological polar surface area (TPSA) is 35.4 Å². The van der Waals surface area contributed by atoms with Crippen LogP contribution < -0.4 is 5.11 Å². The van der Waals surface area contributed by atoms with Crippen LogP contribution in [0.2, 0.25) is 0 Å². The molecule has 0 aromatic heterocycles. The summed E-state index contributed by atoms with van der Waals surface area (Å²) in [4.78, 5) is 3.87. The van der Waals surface area contributed by atoms with E-state index in [-0.39, 0.29) is 5.75 Å². The molecule has 1 aromatic carbocycles. The number of benzene rings is 1. The van der Waals surface area contributed by atoms with Gasteiger partial charge in [-0.3, -0.25) is 4.99 Å². The highest BCUT2D eigenvalue weighted by Gasteiger charge is 1.83. The van der Waals surface area contributed by atoms with E-state index in [1.54, 1.807) is 31.3 Å². The lowest BCUT2D eigenvalue weighted by atomic mass is 10.3. The molecule has 0 saturated heterocycles. The van der Waals surface area contributed by atoms with Gasteiger partial charge in [-0.15, -0.1) is 0 Å². The molecule has 0 fully saturated rings. The second-order valence-electron chi connectivity index (χ2n) is 1.86. The fourth-order valence-electron chi connectivity index (χ4n) is 0.703. The molecule has 0 saturated carbocycles. The summed E-state index contributed by atoms with van der Waals surface area (Å²) in [6.45, 7) is 1.78. The van der Waals surface area contributed by atoms with Crippen molar-refractivity contribution in [1.29, 1.82) is 0 Å². The molecule has 0 aliphatic heterocycles. The number of aliphatic imine (C=N–C) groups is 1. The zero-order valence-electron chi connectivity index (χ0n) is 5.74. The largest absolute Gasteiger partial charge is 0.871 e. The Morgan fingerprint density at radius 1 is 1.40 bits per heavy atom. The van der Waals surface area contributed by atoms with E-state index >= 15 is 0 Å². The van der Waals surface area contributed by atoms with Crippen LogP contribution >= 0.6 is 0 Å². The van der Waals surface area contributed by atoms with Crippen LogP contribution in [-0.2, 0) is 0 Å². The molecule has 0 heterocycles. The highest BCUT2D eigenvalue weighted by molar-refractivity contribution is 5.63. The molecule has 0 aliphatic carbocycles. The molecule has 10 heavy (non-hydrogen) atoms. The summed E-state index contributed by atoms with van der Waals surface area (Å²) in [5.74, 6) is -0.0272. The first kappa shape index (κ1) is 6.81. The fourth-order valence-corrected chi connectivity index (χ4v) is 0.703. The SMILES string of the molecule is CC=Nc1ccccc1[O-]. The van der Waals surface area contributed by atoms with Crippen molar-refractivity contribution in [2.45, 2.75) is 6.92 Å². The van der Waals surface area contributed by atoms with Crippen LogP contribution in [0.15, 0.2) is 29.3 Å². The van der Waals surface area contributed by atoms with Gasteiger partial charge < -0.3 is 5.11 Å². The summed E-state index contributed by atoms with van der Waals surface area (Å²) in [6, 6.07) is 6.70. The van der Waals surface area contributed by atoms with Crippen molar-refractivity contribution >= 4 is 11.9 Å². The van der Waals surface area contributed by atoms with Crippen LogP contribution in [0.25, 0.3) is 0 Å². The van der Waals surface area contributed by atoms with Gasteiger partial charge in [-0.2, -0.15) is 0 Å². The third kappa shape index (κ3) is 1.35. The molecule has 0 amide bonds. The van der Waals surface area contributed by atoms with E-state index in [9.17, 15) is 5.11 Å². The molecule has 0 unspecified atom stereocenters. The first-order valence-corrected chi connectivity index (χ1v) is 3.09. The van der Waals surface area contributed by atoms with Gasteiger partial charge >= 0.3 is 0 Å². The van der Waals surface area contributed by atoms with Gasteiger partial charge in [0, 0.05) is 6.21 Å². The molecule has 1 aromatic rings. The Hall–Kier alpha value is -1.31. The van der Waals surface area contributed by atoms with Gasteiger partial charge in [0.05, 0.1) is 5.69 Å². The average Bonchev–Trinajstić information content (AvgIpc) is 1.94. The zero-order valence-corrected chi connectivity index (χ0v) is 5.74. The fraction of sp³-hybridized carbons (Fsp3) is 0.125. The number of hydrogen-bond acceptors (Lipinski definition) is 2. The van der Waals surface area contributed by atoms with Crippen molar-refractivity contribution in [3.05, 3.63) is 24.3 Å². The summed E-state index contributed by atoms with van der Waals surface area (Å²) < 4.78 is 0. The molecule has 0 spiro atoms. The number of hydrogen-bond donors (Lipinski definition) is 0. The maximum Gasteiger partial charge on any atom is 0.0547 e. The third-order valence-corrected chi connectivity index (χ3v) is 1.13. The normalized spacial score (nSPS) is 10.5. The van der Waals surface area contributed by atoms with Gasteiger partial charge in [0.2, 0.25) is 0 Å². The Bertz CT molecular complexity index is 243. The van der Waals surface area contributed by atoms with Gasteiger partial charge in [-0.25, -0.2) is 0 Å². The van der Waals surface area contributed by atoms with Gasteiger partial charge in [0.1, 0.15) is 0 Å². The van der Waals surface area contributed by atoms with Gasteiger partial charge in [0.15, 0.2) is 0 Å². The van der Waals surface area contributed by atoms with Crippen LogP contribution in [0.1, 0.15) is 6.92 Å². The minimum Gasteiger partial charge on any atom is -0.871 e. The van der Waals surface area contributed by atoms with E-state index in [2.05, 4.69) is 4.99 Å². The van der Waals surface area contributed by atoms with Crippen LogP contribution in [0, 0.1) is 0 Å². The van der Waals surface area contributed by atoms with E-state index < -0.39 is 0 Å². The number of nitrogens with zero attached hydrogens (tertiary/aromatic N) is 1. The maximum absolute atomic E-state index is 10.9. The van der Waals surface area contributed by atoms with Crippen molar-refractivity contribution < 1.29 is 5.11 Å². The van der Waals surface area contributed by atoms with E-state index in [1.807, 2.05) is 0 Å². The summed E-state index contributed by atoms with van der Waals surface area (Å²) in [6.07, 6.45) is 1.61. The highest BCUT2D eigenvalue weighted by Crippen LogP contribution is 2.20. The minimum absolute atomic E-state index is 0.0272. The first-order valence-electron chi connectivity index (χ1n) is 3.09. The highest BCUT2D eigenvalue weighted by atomic mass is 16.3. The zero-order chi connectivity index (χ0) is 7.40. The Morgan fingerprint density at radius 3 is 2.70 bits per heavy atom. The van der Waals surface area contributed by atoms with E-state index in [4.69, 9.17) is 0 Å². The van der Waals surface area contributed by atoms with E-state index in [1.165, 1.54) is 6.07 Å². The molecule has 0 bridgehead atoms. The van der Waals surface area contributed by atoms with E-state index in [0.717, 1.165) is 0 Å². The Labute approximate surface area is 59.9 Å². The summed E-state index contributed by atoms with van der Waals surface area (Å²) in [7, 11) is 0.